The number of hydrogen-bond donors (Lipinski definition) is 0. The summed E-state index contributed by atoms with van der Waals surface area (Å²) in [6.45, 7) is 17.6. The Morgan fingerprint density at radius 1 is 1.11 bits per heavy atom. The van der Waals surface area contributed by atoms with Crippen LogP contribution in [0.2, 0.25) is 0 Å². The molecular formula is C17H27N. The Hall–Kier alpha value is -1.11. The van der Waals surface area contributed by atoms with Crippen molar-refractivity contribution in [3.8, 4) is 0 Å². The number of aryl methyl sites for hydroxylation is 1. The van der Waals surface area contributed by atoms with Gasteiger partial charge >= 0.3 is 0 Å². The molecule has 1 nitrogen and oxygen atoms in total. The minimum absolute atomic E-state index is 0.135. The minimum Gasteiger partial charge on any atom is -0.256 e. The smallest absolute Gasteiger partial charge is 0.0692 e. The summed E-state index contributed by atoms with van der Waals surface area (Å²) in [6, 6.07) is 2.28. The summed E-state index contributed by atoms with van der Waals surface area (Å²) in [6.07, 6.45) is 4.21. The van der Waals surface area contributed by atoms with E-state index >= 15 is 0 Å². The molecule has 0 aliphatic heterocycles. The molecule has 0 saturated heterocycles. The lowest BCUT2D eigenvalue weighted by Gasteiger charge is -2.25. The van der Waals surface area contributed by atoms with E-state index in [1.54, 1.807) is 0 Å². The predicted octanol–water partition coefficient (Wildman–Crippen LogP) is 5.14. The van der Waals surface area contributed by atoms with Gasteiger partial charge in [-0.15, -0.1) is 0 Å². The lowest BCUT2D eigenvalue weighted by atomic mass is 9.81. The molecule has 18 heavy (non-hydrogen) atoms. The molecule has 1 rings (SSSR count). The molecule has 0 fully saturated rings. The first-order chi connectivity index (χ1) is 8.07. The van der Waals surface area contributed by atoms with E-state index < -0.39 is 0 Å². The molecule has 1 heterocycles. The molecule has 0 amide bonds. The van der Waals surface area contributed by atoms with Crippen LogP contribution in [0.5, 0.6) is 0 Å². The second-order valence-corrected chi connectivity index (χ2v) is 7.09. The van der Waals surface area contributed by atoms with Crippen LogP contribution in [0.25, 0.3) is 5.57 Å². The van der Waals surface area contributed by atoms with Crippen LogP contribution in [0.1, 0.15) is 65.3 Å². The van der Waals surface area contributed by atoms with Gasteiger partial charge in [0, 0.05) is 6.20 Å². The zero-order valence-electron chi connectivity index (χ0n) is 13.2. The zero-order valence-corrected chi connectivity index (χ0v) is 13.2. The largest absolute Gasteiger partial charge is 0.256 e. The molecule has 0 bridgehead atoms. The number of nitrogens with zero attached hydrogens (tertiary/aromatic N) is 1. The van der Waals surface area contributed by atoms with Crippen LogP contribution in [0, 0.1) is 12.3 Å². The number of rotatable bonds is 1. The molecule has 0 spiro atoms. The maximum atomic E-state index is 4.71. The molecule has 0 atom stereocenters. The van der Waals surface area contributed by atoms with Gasteiger partial charge in [0.05, 0.1) is 5.69 Å². The molecule has 1 aromatic heterocycles. The predicted molar refractivity (Wildman–Crippen MR) is 80.8 cm³/mol. The molecule has 1 heteroatoms. The van der Waals surface area contributed by atoms with E-state index in [4.69, 9.17) is 4.98 Å². The Kier molecular flexibility index (Phi) is 4.05. The van der Waals surface area contributed by atoms with Crippen molar-refractivity contribution in [1.29, 1.82) is 0 Å². The molecule has 0 N–H and O–H groups in total. The fourth-order valence-corrected chi connectivity index (χ4v) is 2.19. The highest BCUT2D eigenvalue weighted by molar-refractivity contribution is 5.69. The van der Waals surface area contributed by atoms with Crippen molar-refractivity contribution in [2.24, 2.45) is 5.41 Å². The summed E-state index contributed by atoms with van der Waals surface area (Å²) in [4.78, 5) is 4.71. The number of pyridine rings is 1. The molecule has 0 aliphatic rings. The van der Waals surface area contributed by atoms with Gasteiger partial charge in [-0.25, -0.2) is 0 Å². The van der Waals surface area contributed by atoms with Crippen LogP contribution < -0.4 is 0 Å². The second-order valence-electron chi connectivity index (χ2n) is 7.09. The van der Waals surface area contributed by atoms with Crippen molar-refractivity contribution in [2.45, 2.75) is 60.8 Å². The molecule has 1 aromatic rings. The van der Waals surface area contributed by atoms with Crippen LogP contribution in [0.4, 0.5) is 0 Å². The number of aromatic nitrogens is 1. The van der Waals surface area contributed by atoms with E-state index in [0.29, 0.717) is 0 Å². The topological polar surface area (TPSA) is 12.9 Å². The molecular weight excluding hydrogens is 218 g/mol. The van der Waals surface area contributed by atoms with Gasteiger partial charge < -0.3 is 0 Å². The van der Waals surface area contributed by atoms with Gasteiger partial charge in [-0.05, 0) is 41.4 Å². The summed E-state index contributed by atoms with van der Waals surface area (Å²) in [5.41, 5.74) is 5.32. The minimum atomic E-state index is 0.135. The quantitative estimate of drug-likeness (QED) is 0.668. The molecule has 0 aliphatic carbocycles. The van der Waals surface area contributed by atoms with Crippen molar-refractivity contribution in [1.82, 2.24) is 4.98 Å². The molecule has 0 unspecified atom stereocenters. The molecule has 0 radical (unpaired) electrons. The summed E-state index contributed by atoms with van der Waals surface area (Å²) >= 11 is 0. The van der Waals surface area contributed by atoms with Gasteiger partial charge in [-0.3, -0.25) is 4.98 Å². The third kappa shape index (κ3) is 3.22. The third-order valence-corrected chi connectivity index (χ3v) is 3.30. The highest BCUT2D eigenvalue weighted by atomic mass is 14.7. The van der Waals surface area contributed by atoms with Gasteiger partial charge in [-0.1, -0.05) is 53.7 Å². The first-order valence-electron chi connectivity index (χ1n) is 6.71. The third-order valence-electron chi connectivity index (χ3n) is 3.30. The zero-order chi connectivity index (χ0) is 14.1. The van der Waals surface area contributed by atoms with Gasteiger partial charge in [-0.2, -0.15) is 0 Å². The SMILES string of the molecule is C/C=C(\c1ncc(C(C)(C)C)cc1C)C(C)(C)C. The first kappa shape index (κ1) is 14.9. The maximum Gasteiger partial charge on any atom is 0.0692 e. The van der Waals surface area contributed by atoms with Gasteiger partial charge in [0.2, 0.25) is 0 Å². The molecule has 0 saturated carbocycles. The average Bonchev–Trinajstić information content (AvgIpc) is 2.17. The summed E-state index contributed by atoms with van der Waals surface area (Å²) in [5, 5.41) is 0. The monoisotopic (exact) mass is 245 g/mol. The van der Waals surface area contributed by atoms with E-state index in [-0.39, 0.29) is 10.8 Å². The normalized spacial score (nSPS) is 13.9. The van der Waals surface area contributed by atoms with Crippen LogP contribution in [-0.2, 0) is 5.41 Å². The summed E-state index contributed by atoms with van der Waals surface area (Å²) < 4.78 is 0. The van der Waals surface area contributed by atoms with Gasteiger partial charge in [0.25, 0.3) is 0 Å². The standard InChI is InChI=1S/C17H27N/c1-9-14(17(6,7)8)15-12(2)10-13(11-18-15)16(3,4)5/h9-11H,1-8H3/b14-9+. The van der Waals surface area contributed by atoms with E-state index in [1.807, 2.05) is 6.20 Å². The lowest BCUT2D eigenvalue weighted by Crippen LogP contribution is -2.15. The number of hydrogen-bond acceptors (Lipinski definition) is 1. The van der Waals surface area contributed by atoms with Crippen LogP contribution in [-0.4, -0.2) is 4.98 Å². The number of allylic oxidation sites excluding steroid dienone is 2. The van der Waals surface area contributed by atoms with E-state index in [0.717, 1.165) is 5.69 Å². The van der Waals surface area contributed by atoms with E-state index in [9.17, 15) is 0 Å². The molecule has 0 aromatic carbocycles. The van der Waals surface area contributed by atoms with Crippen molar-refractivity contribution in [3.63, 3.8) is 0 Å². The maximum absolute atomic E-state index is 4.71. The van der Waals surface area contributed by atoms with Crippen molar-refractivity contribution < 1.29 is 0 Å². The second kappa shape index (κ2) is 4.87. The highest BCUT2D eigenvalue weighted by Crippen LogP contribution is 2.35. The Morgan fingerprint density at radius 2 is 1.67 bits per heavy atom. The average molecular weight is 245 g/mol. The van der Waals surface area contributed by atoms with Crippen molar-refractivity contribution in [2.75, 3.05) is 0 Å². The van der Waals surface area contributed by atoms with Gasteiger partial charge in [0.15, 0.2) is 0 Å². The highest BCUT2D eigenvalue weighted by Gasteiger charge is 2.22. The Morgan fingerprint density at radius 3 is 2.00 bits per heavy atom. The van der Waals surface area contributed by atoms with Crippen LogP contribution in [0.15, 0.2) is 18.3 Å². The Balaban J connectivity index is 3.30. The van der Waals surface area contributed by atoms with Crippen molar-refractivity contribution >= 4 is 5.57 Å². The fraction of sp³-hybridized carbons (Fsp3) is 0.588. The molecule has 100 valence electrons. The van der Waals surface area contributed by atoms with Crippen molar-refractivity contribution in [3.05, 3.63) is 35.2 Å². The van der Waals surface area contributed by atoms with Crippen LogP contribution >= 0.6 is 0 Å². The lowest BCUT2D eigenvalue weighted by molar-refractivity contribution is 0.561. The van der Waals surface area contributed by atoms with E-state index in [2.05, 4.69) is 67.5 Å². The van der Waals surface area contributed by atoms with Gasteiger partial charge in [0.1, 0.15) is 0 Å². The van der Waals surface area contributed by atoms with Crippen LogP contribution in [0.3, 0.4) is 0 Å². The Labute approximate surface area is 112 Å². The first-order valence-corrected chi connectivity index (χ1v) is 6.71. The fourth-order valence-electron chi connectivity index (χ4n) is 2.19. The van der Waals surface area contributed by atoms with E-state index in [1.165, 1.54) is 16.7 Å². The Bertz CT molecular complexity index is 453. The summed E-state index contributed by atoms with van der Waals surface area (Å²) in [5.74, 6) is 0. The summed E-state index contributed by atoms with van der Waals surface area (Å²) in [7, 11) is 0.